The van der Waals surface area contributed by atoms with Crippen LogP contribution in [0.1, 0.15) is 66.1 Å². The predicted molar refractivity (Wildman–Crippen MR) is 178 cm³/mol. The molecule has 0 aromatic heterocycles. The second kappa shape index (κ2) is 17.4. The van der Waals surface area contributed by atoms with Gasteiger partial charge < -0.3 is 20.1 Å². The van der Waals surface area contributed by atoms with E-state index in [2.05, 4.69) is 12.2 Å². The molecule has 0 saturated carbocycles. The Morgan fingerprint density at radius 1 is 0.778 bits per heavy atom. The number of nitrogens with one attached hydrogen (secondary N) is 1. The minimum atomic E-state index is -1.01. The lowest BCUT2D eigenvalue weighted by Crippen LogP contribution is -2.32. The van der Waals surface area contributed by atoms with Crippen molar-refractivity contribution >= 4 is 23.3 Å². The largest absolute Gasteiger partial charge is 0.494 e. The first kappa shape index (κ1) is 33.0. The van der Waals surface area contributed by atoms with Gasteiger partial charge in [-0.3, -0.25) is 9.59 Å². The number of unbranched alkanes of at least 4 members (excludes halogenated alkanes) is 2. The van der Waals surface area contributed by atoms with Crippen LogP contribution in [0.2, 0.25) is 0 Å². The van der Waals surface area contributed by atoms with Gasteiger partial charge in [0, 0.05) is 42.7 Å². The summed E-state index contributed by atoms with van der Waals surface area (Å²) in [6.07, 6.45) is 4.51. The van der Waals surface area contributed by atoms with E-state index in [1.54, 1.807) is 48.5 Å². The van der Waals surface area contributed by atoms with Crippen LogP contribution in [0.15, 0.2) is 109 Å². The van der Waals surface area contributed by atoms with Gasteiger partial charge in [0.2, 0.25) is 5.91 Å². The number of carboxylic acid groups (broad SMARTS) is 1. The fraction of sp³-hybridized carbons (Fsp3) is 0.289. The van der Waals surface area contributed by atoms with E-state index < -0.39 is 12.0 Å². The summed E-state index contributed by atoms with van der Waals surface area (Å²) < 4.78 is 5.96. The molecule has 0 fully saturated rings. The van der Waals surface area contributed by atoms with Crippen LogP contribution in [-0.4, -0.2) is 46.9 Å². The molecule has 1 amide bonds. The first-order chi connectivity index (χ1) is 21.9. The van der Waals surface area contributed by atoms with Crippen molar-refractivity contribution in [1.29, 1.82) is 0 Å². The van der Waals surface area contributed by atoms with E-state index in [4.69, 9.17) is 4.74 Å². The average molecular weight is 607 g/mol. The summed E-state index contributed by atoms with van der Waals surface area (Å²) in [6.45, 7) is 3.79. The Morgan fingerprint density at radius 3 is 2.13 bits per heavy atom. The van der Waals surface area contributed by atoms with Crippen molar-refractivity contribution in [3.05, 3.63) is 131 Å². The molecular weight excluding hydrogens is 564 g/mol. The molecule has 234 valence electrons. The Labute approximate surface area is 265 Å². The Hall–Kier alpha value is -4.91. The van der Waals surface area contributed by atoms with Crippen molar-refractivity contribution in [2.24, 2.45) is 0 Å². The van der Waals surface area contributed by atoms with Crippen LogP contribution in [-0.2, 0) is 22.6 Å². The van der Waals surface area contributed by atoms with E-state index in [1.165, 1.54) is 0 Å². The number of para-hydroxylation sites is 1. The maximum Gasteiger partial charge on any atom is 0.326 e. The van der Waals surface area contributed by atoms with Gasteiger partial charge in [0.05, 0.1) is 6.61 Å². The molecule has 2 N–H and O–H groups in total. The molecule has 1 atom stereocenters. The van der Waals surface area contributed by atoms with Gasteiger partial charge in [0.15, 0.2) is 5.78 Å². The van der Waals surface area contributed by atoms with E-state index in [-0.39, 0.29) is 18.1 Å². The normalized spacial score (nSPS) is 11.4. The fourth-order valence-corrected chi connectivity index (χ4v) is 5.12. The van der Waals surface area contributed by atoms with Crippen molar-refractivity contribution in [1.82, 2.24) is 4.90 Å². The highest BCUT2D eigenvalue weighted by Gasteiger charge is 2.21. The molecule has 0 bridgehead atoms. The highest BCUT2D eigenvalue weighted by atomic mass is 16.5. The number of hydrogen-bond acceptors (Lipinski definition) is 5. The smallest absolute Gasteiger partial charge is 0.326 e. The topological polar surface area (TPSA) is 95.9 Å². The number of ether oxygens (including phenoxy) is 1. The number of nitrogens with zero attached hydrogens (tertiary/aromatic N) is 1. The van der Waals surface area contributed by atoms with Crippen LogP contribution >= 0.6 is 0 Å². The van der Waals surface area contributed by atoms with Gasteiger partial charge in [-0.2, -0.15) is 0 Å². The minimum Gasteiger partial charge on any atom is -0.494 e. The quantitative estimate of drug-likeness (QED) is 0.0905. The zero-order chi connectivity index (χ0) is 31.9. The molecular formula is C38H42N2O5. The van der Waals surface area contributed by atoms with E-state index >= 15 is 0 Å². The monoisotopic (exact) mass is 606 g/mol. The molecule has 0 unspecified atom stereocenters. The molecule has 0 radical (unpaired) electrons. The summed E-state index contributed by atoms with van der Waals surface area (Å²) in [6, 6.07) is 32.4. The minimum absolute atomic E-state index is 0.172. The summed E-state index contributed by atoms with van der Waals surface area (Å²) in [7, 11) is 0. The molecule has 4 aromatic rings. The Balaban J connectivity index is 1.31. The number of hydrogen-bond donors (Lipinski definition) is 2. The van der Waals surface area contributed by atoms with Gasteiger partial charge in [-0.05, 0) is 48.2 Å². The first-order valence-electron chi connectivity index (χ1n) is 15.7. The van der Waals surface area contributed by atoms with Crippen LogP contribution in [0, 0.1) is 0 Å². The molecule has 0 aliphatic carbocycles. The van der Waals surface area contributed by atoms with Crippen LogP contribution < -0.4 is 10.1 Å². The maximum absolute atomic E-state index is 13.1. The van der Waals surface area contributed by atoms with E-state index in [9.17, 15) is 19.5 Å². The van der Waals surface area contributed by atoms with E-state index in [1.807, 2.05) is 65.6 Å². The molecule has 7 heteroatoms. The molecule has 0 heterocycles. The maximum atomic E-state index is 13.1. The van der Waals surface area contributed by atoms with Crippen molar-refractivity contribution in [2.45, 2.75) is 58.0 Å². The summed E-state index contributed by atoms with van der Waals surface area (Å²) in [5.41, 5.74) is 3.36. The number of ketones is 1. The number of carboxylic acids is 1. The zero-order valence-corrected chi connectivity index (χ0v) is 25.9. The number of amides is 1. The lowest BCUT2D eigenvalue weighted by Gasteiger charge is -2.23. The fourth-order valence-electron chi connectivity index (χ4n) is 5.12. The lowest BCUT2D eigenvalue weighted by atomic mass is 10.00. The third kappa shape index (κ3) is 10.3. The van der Waals surface area contributed by atoms with Crippen LogP contribution in [0.5, 0.6) is 5.75 Å². The van der Waals surface area contributed by atoms with Crippen molar-refractivity contribution in [3.8, 4) is 5.75 Å². The SMILES string of the molecule is CCCCCC(=O)N(CCCOc1ccc(C[C@H](Nc2ccccc2C(=O)c2ccccc2)C(=O)O)cc1)Cc1ccccc1. The number of anilines is 1. The molecule has 7 nitrogen and oxygen atoms in total. The number of rotatable bonds is 18. The summed E-state index contributed by atoms with van der Waals surface area (Å²) in [4.78, 5) is 40.1. The number of benzene rings is 4. The highest BCUT2D eigenvalue weighted by molar-refractivity contribution is 6.12. The van der Waals surface area contributed by atoms with Crippen LogP contribution in [0.4, 0.5) is 5.69 Å². The van der Waals surface area contributed by atoms with Gasteiger partial charge in [0.25, 0.3) is 0 Å². The molecule has 4 aromatic carbocycles. The molecule has 0 spiro atoms. The predicted octanol–water partition coefficient (Wildman–Crippen LogP) is 7.40. The van der Waals surface area contributed by atoms with Gasteiger partial charge in [-0.25, -0.2) is 4.79 Å². The van der Waals surface area contributed by atoms with E-state index in [0.717, 1.165) is 30.4 Å². The van der Waals surface area contributed by atoms with Gasteiger partial charge in [-0.15, -0.1) is 0 Å². The number of carbonyl (C=O) groups is 3. The molecule has 0 aliphatic heterocycles. The lowest BCUT2D eigenvalue weighted by molar-refractivity contribution is -0.138. The Morgan fingerprint density at radius 2 is 1.44 bits per heavy atom. The third-order valence-corrected chi connectivity index (χ3v) is 7.60. The number of carbonyl (C=O) groups excluding carboxylic acids is 2. The van der Waals surface area contributed by atoms with Gasteiger partial charge >= 0.3 is 5.97 Å². The zero-order valence-electron chi connectivity index (χ0n) is 25.9. The van der Waals surface area contributed by atoms with Gasteiger partial charge in [-0.1, -0.05) is 105 Å². The highest BCUT2D eigenvalue weighted by Crippen LogP contribution is 2.22. The summed E-state index contributed by atoms with van der Waals surface area (Å²) >= 11 is 0. The first-order valence-corrected chi connectivity index (χ1v) is 15.7. The van der Waals surface area contributed by atoms with Crippen LogP contribution in [0.25, 0.3) is 0 Å². The van der Waals surface area contributed by atoms with E-state index in [0.29, 0.717) is 55.1 Å². The number of aliphatic carboxylic acids is 1. The van der Waals surface area contributed by atoms with Crippen molar-refractivity contribution in [3.63, 3.8) is 0 Å². The Bertz CT molecular complexity index is 1510. The second-order valence-electron chi connectivity index (χ2n) is 11.1. The van der Waals surface area contributed by atoms with Gasteiger partial charge in [0.1, 0.15) is 11.8 Å². The van der Waals surface area contributed by atoms with Crippen LogP contribution in [0.3, 0.4) is 0 Å². The molecule has 0 saturated heterocycles. The van der Waals surface area contributed by atoms with Crippen molar-refractivity contribution in [2.75, 3.05) is 18.5 Å². The second-order valence-corrected chi connectivity index (χ2v) is 11.1. The van der Waals surface area contributed by atoms with Crippen molar-refractivity contribution < 1.29 is 24.2 Å². The average Bonchev–Trinajstić information content (AvgIpc) is 3.07. The standard InChI is InChI=1S/C38H42N2O5/c1-2-3-6-20-36(41)40(28-30-14-7-4-8-15-30)25-13-26-45-32-23-21-29(22-24-32)27-35(38(43)44)39-34-19-12-11-18-33(34)37(42)31-16-9-5-10-17-31/h4-5,7-12,14-19,21-24,35,39H,2-3,6,13,20,25-28H2,1H3,(H,43,44)/t35-/m0/s1. The third-order valence-electron chi connectivity index (χ3n) is 7.60. The molecule has 4 rings (SSSR count). The Kier molecular flexibility index (Phi) is 12.8. The molecule has 45 heavy (non-hydrogen) atoms. The summed E-state index contributed by atoms with van der Waals surface area (Å²) in [5.74, 6) is -0.332. The molecule has 0 aliphatic rings. The summed E-state index contributed by atoms with van der Waals surface area (Å²) in [5, 5.41) is 13.0.